The van der Waals surface area contributed by atoms with Gasteiger partial charge in [0.25, 0.3) is 0 Å². The predicted molar refractivity (Wildman–Crippen MR) is 84.0 cm³/mol. The number of carboxylic acid groups (broad SMARTS) is 1. The van der Waals surface area contributed by atoms with Crippen LogP contribution in [0.3, 0.4) is 0 Å². The molecule has 0 amide bonds. The third kappa shape index (κ3) is 3.64. The minimum atomic E-state index is -0.866. The number of ether oxygens (including phenoxy) is 1. The third-order valence-electron chi connectivity index (χ3n) is 4.18. The summed E-state index contributed by atoms with van der Waals surface area (Å²) in [6, 6.07) is 0. The molecule has 118 valence electrons. The molecule has 1 N–H and O–H groups in total. The summed E-state index contributed by atoms with van der Waals surface area (Å²) in [5, 5.41) is 10.3. The zero-order valence-corrected chi connectivity index (χ0v) is 14.0. The van der Waals surface area contributed by atoms with E-state index < -0.39 is 5.97 Å². The van der Waals surface area contributed by atoms with E-state index in [1.807, 2.05) is 0 Å². The standard InChI is InChI=1S/C16H25NO3S/c1-11(2)10-12-13(14(18)19)21-15(17-12)16(20-3)8-6-4-5-7-9-16/h11H,4-10H2,1-3H3,(H,18,19). The van der Waals surface area contributed by atoms with Gasteiger partial charge in [-0.15, -0.1) is 11.3 Å². The Morgan fingerprint density at radius 2 is 1.95 bits per heavy atom. The van der Waals surface area contributed by atoms with Crippen LogP contribution in [0.5, 0.6) is 0 Å². The number of hydrogen-bond donors (Lipinski definition) is 1. The third-order valence-corrected chi connectivity index (χ3v) is 5.46. The number of carboxylic acids is 1. The molecule has 1 aromatic heterocycles. The van der Waals surface area contributed by atoms with Crippen LogP contribution in [-0.2, 0) is 16.8 Å². The highest BCUT2D eigenvalue weighted by Gasteiger charge is 2.37. The Morgan fingerprint density at radius 1 is 1.33 bits per heavy atom. The van der Waals surface area contributed by atoms with Crippen LogP contribution in [-0.4, -0.2) is 23.2 Å². The molecular weight excluding hydrogens is 286 g/mol. The van der Waals surface area contributed by atoms with E-state index in [9.17, 15) is 9.90 Å². The largest absolute Gasteiger partial charge is 0.477 e. The number of nitrogens with zero attached hydrogens (tertiary/aromatic N) is 1. The van der Waals surface area contributed by atoms with Gasteiger partial charge in [0.05, 0.1) is 5.69 Å². The van der Waals surface area contributed by atoms with E-state index in [-0.39, 0.29) is 5.60 Å². The Labute approximate surface area is 130 Å². The summed E-state index contributed by atoms with van der Waals surface area (Å²) in [7, 11) is 1.73. The van der Waals surface area contributed by atoms with Crippen molar-refractivity contribution in [3.63, 3.8) is 0 Å². The van der Waals surface area contributed by atoms with Crippen molar-refractivity contribution in [1.29, 1.82) is 0 Å². The van der Waals surface area contributed by atoms with E-state index in [1.165, 1.54) is 24.2 Å². The van der Waals surface area contributed by atoms with Crippen molar-refractivity contribution in [2.75, 3.05) is 7.11 Å². The van der Waals surface area contributed by atoms with Gasteiger partial charge in [0.15, 0.2) is 0 Å². The first-order valence-corrected chi connectivity index (χ1v) is 8.59. The topological polar surface area (TPSA) is 59.4 Å². The highest BCUT2D eigenvalue weighted by molar-refractivity contribution is 7.13. The van der Waals surface area contributed by atoms with Crippen molar-refractivity contribution in [2.45, 2.75) is 64.4 Å². The van der Waals surface area contributed by atoms with Crippen molar-refractivity contribution >= 4 is 17.3 Å². The number of aromatic carboxylic acids is 1. The fraction of sp³-hybridized carbons (Fsp3) is 0.750. The molecule has 1 aliphatic rings. The van der Waals surface area contributed by atoms with Crippen LogP contribution in [0.4, 0.5) is 0 Å². The van der Waals surface area contributed by atoms with Crippen molar-refractivity contribution in [2.24, 2.45) is 5.92 Å². The van der Waals surface area contributed by atoms with E-state index in [0.717, 1.165) is 36.4 Å². The zero-order chi connectivity index (χ0) is 15.5. The minimum Gasteiger partial charge on any atom is -0.477 e. The minimum absolute atomic E-state index is 0.374. The Morgan fingerprint density at radius 3 is 2.43 bits per heavy atom. The lowest BCUT2D eigenvalue weighted by Gasteiger charge is -2.29. The van der Waals surface area contributed by atoms with Gasteiger partial charge in [-0.3, -0.25) is 0 Å². The van der Waals surface area contributed by atoms with Crippen molar-refractivity contribution in [3.8, 4) is 0 Å². The van der Waals surface area contributed by atoms with Crippen LogP contribution in [0.15, 0.2) is 0 Å². The zero-order valence-electron chi connectivity index (χ0n) is 13.1. The maximum atomic E-state index is 11.5. The van der Waals surface area contributed by atoms with Crippen LogP contribution < -0.4 is 0 Å². The molecule has 0 spiro atoms. The van der Waals surface area contributed by atoms with Gasteiger partial charge in [-0.25, -0.2) is 9.78 Å². The molecule has 1 aromatic rings. The van der Waals surface area contributed by atoms with E-state index in [1.54, 1.807) is 7.11 Å². The van der Waals surface area contributed by atoms with Crippen LogP contribution in [0.1, 0.15) is 72.7 Å². The highest BCUT2D eigenvalue weighted by Crippen LogP contribution is 2.41. The summed E-state index contributed by atoms with van der Waals surface area (Å²) in [4.78, 5) is 16.6. The van der Waals surface area contributed by atoms with Gasteiger partial charge in [0.2, 0.25) is 0 Å². The van der Waals surface area contributed by atoms with Crippen molar-refractivity contribution in [1.82, 2.24) is 4.98 Å². The Hall–Kier alpha value is -0.940. The molecule has 0 saturated heterocycles. The van der Waals surface area contributed by atoms with Gasteiger partial charge in [-0.2, -0.15) is 0 Å². The number of methoxy groups -OCH3 is 1. The summed E-state index contributed by atoms with van der Waals surface area (Å²) in [6.07, 6.45) is 7.28. The molecule has 1 heterocycles. The van der Waals surface area contributed by atoms with E-state index in [0.29, 0.717) is 17.2 Å². The molecule has 0 aliphatic heterocycles. The molecule has 0 radical (unpaired) electrons. The summed E-state index contributed by atoms with van der Waals surface area (Å²) in [5.41, 5.74) is 0.346. The van der Waals surface area contributed by atoms with Crippen molar-refractivity contribution in [3.05, 3.63) is 15.6 Å². The molecule has 0 atom stereocenters. The SMILES string of the molecule is COC1(c2nc(CC(C)C)c(C(=O)O)s2)CCCCCC1. The summed E-state index contributed by atoms with van der Waals surface area (Å²) in [5.74, 6) is -0.472. The maximum absolute atomic E-state index is 11.5. The maximum Gasteiger partial charge on any atom is 0.347 e. The molecule has 0 aromatic carbocycles. The van der Waals surface area contributed by atoms with Crippen LogP contribution in [0.25, 0.3) is 0 Å². The number of hydrogen-bond acceptors (Lipinski definition) is 4. The molecular formula is C16H25NO3S. The Kier molecular flexibility index (Phi) is 5.38. The van der Waals surface area contributed by atoms with Gasteiger partial charge in [-0.1, -0.05) is 39.5 Å². The highest BCUT2D eigenvalue weighted by atomic mass is 32.1. The number of thiazole rings is 1. The van der Waals surface area contributed by atoms with E-state index in [2.05, 4.69) is 13.8 Å². The van der Waals surface area contributed by atoms with Gasteiger partial charge in [0.1, 0.15) is 15.5 Å². The Balaban J connectivity index is 2.39. The van der Waals surface area contributed by atoms with Gasteiger partial charge in [-0.05, 0) is 25.2 Å². The lowest BCUT2D eigenvalue weighted by atomic mass is 9.95. The Bertz CT molecular complexity index is 488. The molecule has 1 aliphatic carbocycles. The molecule has 1 fully saturated rings. The summed E-state index contributed by atoms with van der Waals surface area (Å²) in [6.45, 7) is 4.17. The molecule has 1 saturated carbocycles. The first-order chi connectivity index (χ1) is 9.98. The molecule has 2 rings (SSSR count). The number of rotatable bonds is 5. The normalized spacial score (nSPS) is 18.7. The van der Waals surface area contributed by atoms with Gasteiger partial charge in [0, 0.05) is 7.11 Å². The van der Waals surface area contributed by atoms with Crippen LogP contribution in [0, 0.1) is 5.92 Å². The average molecular weight is 311 g/mol. The molecule has 5 heteroatoms. The smallest absolute Gasteiger partial charge is 0.347 e. The monoisotopic (exact) mass is 311 g/mol. The fourth-order valence-electron chi connectivity index (χ4n) is 3.04. The molecule has 21 heavy (non-hydrogen) atoms. The van der Waals surface area contributed by atoms with Crippen molar-refractivity contribution < 1.29 is 14.6 Å². The molecule has 4 nitrogen and oxygen atoms in total. The summed E-state index contributed by atoms with van der Waals surface area (Å²) >= 11 is 1.31. The van der Waals surface area contributed by atoms with Gasteiger partial charge < -0.3 is 9.84 Å². The van der Waals surface area contributed by atoms with Gasteiger partial charge >= 0.3 is 5.97 Å². The average Bonchev–Trinajstić information content (AvgIpc) is 2.70. The molecule has 0 unspecified atom stereocenters. The second-order valence-corrected chi connectivity index (χ2v) is 7.31. The second kappa shape index (κ2) is 6.88. The predicted octanol–water partition coefficient (Wildman–Crippen LogP) is 4.24. The molecule has 0 bridgehead atoms. The number of aromatic nitrogens is 1. The van der Waals surface area contributed by atoms with Crippen LogP contribution >= 0.6 is 11.3 Å². The first-order valence-electron chi connectivity index (χ1n) is 7.77. The van der Waals surface area contributed by atoms with Crippen LogP contribution in [0.2, 0.25) is 0 Å². The fourth-order valence-corrected chi connectivity index (χ4v) is 4.20. The lowest BCUT2D eigenvalue weighted by molar-refractivity contribution is -0.0280. The van der Waals surface area contributed by atoms with E-state index in [4.69, 9.17) is 9.72 Å². The quantitative estimate of drug-likeness (QED) is 0.826. The first kappa shape index (κ1) is 16.4. The summed E-state index contributed by atoms with van der Waals surface area (Å²) < 4.78 is 5.85. The van der Waals surface area contributed by atoms with E-state index >= 15 is 0 Å². The second-order valence-electron chi connectivity index (χ2n) is 6.31. The lowest BCUT2D eigenvalue weighted by Crippen LogP contribution is -2.27. The number of carbonyl (C=O) groups is 1.